The molecule has 1 aliphatic heterocycles. The zero-order valence-corrected chi connectivity index (χ0v) is 11.5. The monoisotopic (exact) mass is 296 g/mol. The first-order chi connectivity index (χ1) is 9.90. The molecule has 1 atom stereocenters. The number of hydrogen-bond donors (Lipinski definition) is 1. The molecule has 0 amide bonds. The summed E-state index contributed by atoms with van der Waals surface area (Å²) >= 11 is 0. The Kier molecular flexibility index (Phi) is 3.24. The van der Waals surface area contributed by atoms with Gasteiger partial charge in [0.05, 0.1) is 18.2 Å². The van der Waals surface area contributed by atoms with Crippen molar-refractivity contribution in [2.45, 2.75) is 24.9 Å². The molecule has 4 nitrogen and oxygen atoms in total. The molecule has 0 aliphatic carbocycles. The molecule has 2 aromatic rings. The zero-order chi connectivity index (χ0) is 15.1. The van der Waals surface area contributed by atoms with Crippen molar-refractivity contribution in [3.63, 3.8) is 0 Å². The normalized spacial score (nSPS) is 22.7. The van der Waals surface area contributed by atoms with Crippen LogP contribution in [-0.2, 0) is 11.6 Å². The molecule has 0 aromatic carbocycles. The van der Waals surface area contributed by atoms with E-state index < -0.39 is 11.9 Å². The van der Waals surface area contributed by atoms with Crippen molar-refractivity contribution in [1.29, 1.82) is 0 Å². The van der Waals surface area contributed by atoms with Gasteiger partial charge in [0.15, 0.2) is 0 Å². The largest absolute Gasteiger partial charge is 0.433 e. The van der Waals surface area contributed by atoms with Crippen LogP contribution in [-0.4, -0.2) is 27.6 Å². The van der Waals surface area contributed by atoms with Gasteiger partial charge in [0, 0.05) is 23.9 Å². The average Bonchev–Trinajstić information content (AvgIpc) is 3.07. The Bertz CT molecular complexity index is 624. The fourth-order valence-electron chi connectivity index (χ4n) is 2.68. The van der Waals surface area contributed by atoms with Crippen molar-refractivity contribution in [2.75, 3.05) is 13.1 Å². The molecule has 1 fully saturated rings. The number of rotatable bonds is 2. The summed E-state index contributed by atoms with van der Waals surface area (Å²) in [7, 11) is 0. The molecule has 0 saturated carbocycles. The van der Waals surface area contributed by atoms with Gasteiger partial charge < -0.3 is 9.88 Å². The summed E-state index contributed by atoms with van der Waals surface area (Å²) < 4.78 is 39.5. The number of hydrogen-bond acceptors (Lipinski definition) is 3. The van der Waals surface area contributed by atoms with E-state index in [1.807, 2.05) is 0 Å². The van der Waals surface area contributed by atoms with Crippen molar-refractivity contribution in [3.05, 3.63) is 42.2 Å². The third kappa shape index (κ3) is 2.53. The van der Waals surface area contributed by atoms with Crippen LogP contribution < -0.4 is 5.32 Å². The van der Waals surface area contributed by atoms with E-state index in [1.165, 1.54) is 12.3 Å². The molecule has 2 aromatic heterocycles. The number of pyridine rings is 1. The van der Waals surface area contributed by atoms with Crippen molar-refractivity contribution in [3.8, 4) is 5.69 Å². The lowest BCUT2D eigenvalue weighted by molar-refractivity contribution is -0.141. The first kappa shape index (κ1) is 14.1. The van der Waals surface area contributed by atoms with Gasteiger partial charge >= 0.3 is 6.18 Å². The van der Waals surface area contributed by atoms with Gasteiger partial charge in [-0.05, 0) is 25.1 Å². The van der Waals surface area contributed by atoms with Gasteiger partial charge in [0.1, 0.15) is 5.69 Å². The van der Waals surface area contributed by atoms with E-state index in [0.29, 0.717) is 5.69 Å². The van der Waals surface area contributed by atoms with Crippen molar-refractivity contribution in [1.82, 2.24) is 19.9 Å². The highest BCUT2D eigenvalue weighted by atomic mass is 19.4. The molecule has 1 aliphatic rings. The molecule has 1 N–H and O–H groups in total. The minimum Gasteiger partial charge on any atom is -0.316 e. The molecule has 21 heavy (non-hydrogen) atoms. The van der Waals surface area contributed by atoms with Crippen LogP contribution in [0.15, 0.2) is 30.9 Å². The first-order valence-corrected chi connectivity index (χ1v) is 6.67. The van der Waals surface area contributed by atoms with Gasteiger partial charge in [-0.25, -0.2) is 9.97 Å². The summed E-state index contributed by atoms with van der Waals surface area (Å²) in [5, 5.41) is 3.30. The summed E-state index contributed by atoms with van der Waals surface area (Å²) in [5.74, 6) is 0. The van der Waals surface area contributed by atoms with Crippen LogP contribution >= 0.6 is 0 Å². The fourth-order valence-corrected chi connectivity index (χ4v) is 2.68. The highest BCUT2D eigenvalue weighted by Crippen LogP contribution is 2.32. The Labute approximate surface area is 120 Å². The summed E-state index contributed by atoms with van der Waals surface area (Å²) in [4.78, 5) is 7.65. The maximum Gasteiger partial charge on any atom is 0.433 e. The number of nitrogens with zero attached hydrogens (tertiary/aromatic N) is 3. The highest BCUT2D eigenvalue weighted by molar-refractivity contribution is 5.35. The molecular formula is C14H15F3N4. The number of nitrogens with one attached hydrogen (secondary N) is 1. The first-order valence-electron chi connectivity index (χ1n) is 6.67. The Morgan fingerprint density at radius 1 is 1.29 bits per heavy atom. The van der Waals surface area contributed by atoms with Crippen molar-refractivity contribution >= 4 is 0 Å². The van der Waals surface area contributed by atoms with E-state index in [4.69, 9.17) is 0 Å². The smallest absolute Gasteiger partial charge is 0.316 e. The van der Waals surface area contributed by atoms with Crippen LogP contribution in [0.1, 0.15) is 24.7 Å². The molecule has 3 rings (SSSR count). The van der Waals surface area contributed by atoms with Gasteiger partial charge in [-0.15, -0.1) is 0 Å². The number of imidazole rings is 1. The Balaban J connectivity index is 1.97. The lowest BCUT2D eigenvalue weighted by Gasteiger charge is -2.24. The number of alkyl halides is 3. The second-order valence-electron chi connectivity index (χ2n) is 5.54. The third-order valence-corrected chi connectivity index (χ3v) is 3.94. The zero-order valence-electron chi connectivity index (χ0n) is 11.5. The fraction of sp³-hybridized carbons (Fsp3) is 0.429. The maximum absolute atomic E-state index is 12.6. The van der Waals surface area contributed by atoms with Crippen LogP contribution in [0.25, 0.3) is 5.69 Å². The van der Waals surface area contributed by atoms with Crippen LogP contribution in [0.2, 0.25) is 0 Å². The SMILES string of the molecule is CC1(c2cncn2-c2ccc(C(F)(F)F)nc2)CCNC1. The molecular weight excluding hydrogens is 281 g/mol. The minimum atomic E-state index is -4.42. The number of halogens is 3. The molecule has 0 radical (unpaired) electrons. The average molecular weight is 296 g/mol. The summed E-state index contributed by atoms with van der Waals surface area (Å²) in [6.45, 7) is 3.87. The van der Waals surface area contributed by atoms with E-state index in [9.17, 15) is 13.2 Å². The second kappa shape index (κ2) is 4.84. The van der Waals surface area contributed by atoms with Crippen LogP contribution in [0.3, 0.4) is 0 Å². The predicted molar refractivity (Wildman–Crippen MR) is 71.2 cm³/mol. The van der Waals surface area contributed by atoms with Crippen LogP contribution in [0, 0.1) is 0 Å². The van der Waals surface area contributed by atoms with E-state index in [1.54, 1.807) is 17.1 Å². The summed E-state index contributed by atoms with van der Waals surface area (Å²) in [6.07, 6.45) is 1.16. The standard InChI is InChI=1S/C14H15F3N4/c1-13(4-5-18-8-13)12-7-19-9-21(12)10-2-3-11(20-6-10)14(15,16)17/h2-3,6-7,9,18H,4-5,8H2,1H3. The molecule has 3 heterocycles. The van der Waals surface area contributed by atoms with Crippen molar-refractivity contribution < 1.29 is 13.2 Å². The topological polar surface area (TPSA) is 42.7 Å². The molecule has 0 spiro atoms. The summed E-state index contributed by atoms with van der Waals surface area (Å²) in [6, 6.07) is 2.42. The van der Waals surface area contributed by atoms with Gasteiger partial charge in [-0.1, -0.05) is 6.92 Å². The Morgan fingerprint density at radius 2 is 2.10 bits per heavy atom. The Hall–Kier alpha value is -1.89. The Morgan fingerprint density at radius 3 is 2.67 bits per heavy atom. The van der Waals surface area contributed by atoms with Gasteiger partial charge in [0.25, 0.3) is 0 Å². The molecule has 1 unspecified atom stereocenters. The van der Waals surface area contributed by atoms with E-state index in [0.717, 1.165) is 31.3 Å². The van der Waals surface area contributed by atoms with Crippen molar-refractivity contribution in [2.24, 2.45) is 0 Å². The van der Waals surface area contributed by atoms with Gasteiger partial charge in [-0.2, -0.15) is 13.2 Å². The van der Waals surface area contributed by atoms with Gasteiger partial charge in [-0.3, -0.25) is 0 Å². The molecule has 0 bridgehead atoms. The van der Waals surface area contributed by atoms with E-state index >= 15 is 0 Å². The summed E-state index contributed by atoms with van der Waals surface area (Å²) in [5.41, 5.74) is 0.610. The number of aromatic nitrogens is 3. The van der Waals surface area contributed by atoms with Crippen LogP contribution in [0.4, 0.5) is 13.2 Å². The molecule has 1 saturated heterocycles. The predicted octanol–water partition coefficient (Wildman–Crippen LogP) is 2.54. The van der Waals surface area contributed by atoms with E-state index in [2.05, 4.69) is 22.2 Å². The maximum atomic E-state index is 12.6. The molecule has 112 valence electrons. The lowest BCUT2D eigenvalue weighted by atomic mass is 9.86. The highest BCUT2D eigenvalue weighted by Gasteiger charge is 2.34. The third-order valence-electron chi connectivity index (χ3n) is 3.94. The molecule has 7 heteroatoms. The van der Waals surface area contributed by atoms with E-state index in [-0.39, 0.29) is 5.41 Å². The van der Waals surface area contributed by atoms with Crippen LogP contribution in [0.5, 0.6) is 0 Å². The second-order valence-corrected chi connectivity index (χ2v) is 5.54. The minimum absolute atomic E-state index is 0.0702. The lowest BCUT2D eigenvalue weighted by Crippen LogP contribution is -2.27. The van der Waals surface area contributed by atoms with Gasteiger partial charge in [0.2, 0.25) is 0 Å². The quantitative estimate of drug-likeness (QED) is 0.926.